The van der Waals surface area contributed by atoms with Gasteiger partial charge in [0, 0.05) is 18.7 Å². The zero-order chi connectivity index (χ0) is 14.7. The van der Waals surface area contributed by atoms with Crippen molar-refractivity contribution >= 4 is 17.3 Å². The Balaban J connectivity index is 1.72. The van der Waals surface area contributed by atoms with Gasteiger partial charge in [-0.1, -0.05) is 11.6 Å². The minimum absolute atomic E-state index is 0.311. The van der Waals surface area contributed by atoms with Crippen LogP contribution in [0.25, 0.3) is 11.4 Å². The summed E-state index contributed by atoms with van der Waals surface area (Å²) in [5, 5.41) is 12.4. The minimum atomic E-state index is 0.311. The summed E-state index contributed by atoms with van der Waals surface area (Å²) in [6, 6.07) is 5.43. The number of hydrogen-bond donors (Lipinski definition) is 1. The van der Waals surface area contributed by atoms with Crippen molar-refractivity contribution in [3.63, 3.8) is 0 Å². The van der Waals surface area contributed by atoms with Crippen LogP contribution in [0.1, 0.15) is 25.7 Å². The quantitative estimate of drug-likeness (QED) is 0.878. The summed E-state index contributed by atoms with van der Waals surface area (Å²) >= 11 is 5.94. The molecule has 1 aromatic heterocycles. The topological polar surface area (TPSA) is 78.9 Å². The fourth-order valence-electron chi connectivity index (χ4n) is 2.55. The molecule has 7 heteroatoms. The zero-order valence-electron chi connectivity index (χ0n) is 11.7. The van der Waals surface area contributed by atoms with E-state index in [9.17, 15) is 0 Å². The fourth-order valence-corrected chi connectivity index (χ4v) is 2.66. The van der Waals surface area contributed by atoms with Crippen LogP contribution >= 0.6 is 11.6 Å². The third kappa shape index (κ3) is 3.33. The Hall–Kier alpha value is -1.66. The molecule has 1 unspecified atom stereocenters. The average Bonchev–Trinajstić information content (AvgIpc) is 2.97. The van der Waals surface area contributed by atoms with E-state index in [1.54, 1.807) is 16.8 Å². The van der Waals surface area contributed by atoms with Crippen LogP contribution in [-0.2, 0) is 11.3 Å². The number of nitrogens with zero attached hydrogens (tertiary/aromatic N) is 4. The number of hydrogen-bond acceptors (Lipinski definition) is 5. The number of nitrogens with two attached hydrogens (primary N) is 1. The third-order valence-electron chi connectivity index (χ3n) is 3.72. The van der Waals surface area contributed by atoms with Gasteiger partial charge in [0.15, 0.2) is 5.82 Å². The van der Waals surface area contributed by atoms with Crippen molar-refractivity contribution in [2.75, 3.05) is 12.3 Å². The van der Waals surface area contributed by atoms with Gasteiger partial charge in [-0.25, -0.2) is 4.68 Å². The maximum atomic E-state index is 5.94. The number of nitrogen functional groups attached to an aromatic ring is 1. The number of aryl methyl sites for hydroxylation is 1. The van der Waals surface area contributed by atoms with Crippen molar-refractivity contribution in [2.45, 2.75) is 38.3 Å². The Morgan fingerprint density at radius 2 is 2.29 bits per heavy atom. The van der Waals surface area contributed by atoms with Crippen LogP contribution in [0, 0.1) is 0 Å². The predicted molar refractivity (Wildman–Crippen MR) is 80.9 cm³/mol. The molecule has 0 amide bonds. The van der Waals surface area contributed by atoms with Crippen LogP contribution in [0.2, 0.25) is 5.02 Å². The molecule has 0 spiro atoms. The van der Waals surface area contributed by atoms with Crippen molar-refractivity contribution in [1.29, 1.82) is 0 Å². The maximum absolute atomic E-state index is 5.94. The lowest BCUT2D eigenvalue weighted by Crippen LogP contribution is -2.21. The van der Waals surface area contributed by atoms with Gasteiger partial charge in [-0.3, -0.25) is 0 Å². The molecule has 1 saturated heterocycles. The highest BCUT2D eigenvalue weighted by Gasteiger charge is 2.16. The highest BCUT2D eigenvalue weighted by atomic mass is 35.5. The Bertz CT molecular complexity index is 609. The standard InChI is InChI=1S/C14H18ClN5O/c15-12-5-4-10(9-13(12)16)14-17-18-19-20(14)7-6-11-3-1-2-8-21-11/h4-5,9,11H,1-3,6-8,16H2. The van der Waals surface area contributed by atoms with E-state index in [0.29, 0.717) is 22.6 Å². The molecule has 1 atom stereocenters. The minimum Gasteiger partial charge on any atom is -0.398 e. The van der Waals surface area contributed by atoms with Crippen molar-refractivity contribution in [3.05, 3.63) is 23.2 Å². The highest BCUT2D eigenvalue weighted by Crippen LogP contribution is 2.25. The second-order valence-corrected chi connectivity index (χ2v) is 5.65. The first-order valence-corrected chi connectivity index (χ1v) is 7.55. The SMILES string of the molecule is Nc1cc(-c2nnnn2CCC2CCCCO2)ccc1Cl. The molecule has 1 fully saturated rings. The third-order valence-corrected chi connectivity index (χ3v) is 4.07. The van der Waals surface area contributed by atoms with E-state index in [0.717, 1.165) is 38.0 Å². The van der Waals surface area contributed by atoms with E-state index in [2.05, 4.69) is 15.5 Å². The van der Waals surface area contributed by atoms with Crippen LogP contribution < -0.4 is 5.73 Å². The first kappa shape index (κ1) is 14.3. The summed E-state index contributed by atoms with van der Waals surface area (Å²) < 4.78 is 7.53. The monoisotopic (exact) mass is 307 g/mol. The molecule has 1 aliphatic heterocycles. The van der Waals surface area contributed by atoms with Crippen LogP contribution in [0.15, 0.2) is 18.2 Å². The van der Waals surface area contributed by atoms with Crippen LogP contribution in [0.3, 0.4) is 0 Å². The van der Waals surface area contributed by atoms with Crippen molar-refractivity contribution in [1.82, 2.24) is 20.2 Å². The van der Waals surface area contributed by atoms with Crippen molar-refractivity contribution in [3.8, 4) is 11.4 Å². The number of aromatic nitrogens is 4. The summed E-state index contributed by atoms with van der Waals surface area (Å²) in [6.07, 6.45) is 4.75. The number of tetrazole rings is 1. The molecule has 21 heavy (non-hydrogen) atoms. The average molecular weight is 308 g/mol. The molecular formula is C14H18ClN5O. The zero-order valence-corrected chi connectivity index (χ0v) is 12.5. The molecule has 2 heterocycles. The van der Waals surface area contributed by atoms with Gasteiger partial charge in [0.2, 0.25) is 0 Å². The van der Waals surface area contributed by atoms with Gasteiger partial charge in [0.1, 0.15) is 0 Å². The first-order chi connectivity index (χ1) is 10.2. The normalized spacial score (nSPS) is 18.8. The van der Waals surface area contributed by atoms with E-state index in [1.807, 2.05) is 6.07 Å². The Labute approximate surface area is 128 Å². The molecule has 3 rings (SSSR count). The molecule has 2 N–H and O–H groups in total. The fraction of sp³-hybridized carbons (Fsp3) is 0.500. The van der Waals surface area contributed by atoms with Crippen molar-refractivity contribution < 1.29 is 4.74 Å². The van der Waals surface area contributed by atoms with Gasteiger partial charge in [-0.05, 0) is 54.3 Å². The smallest absolute Gasteiger partial charge is 0.182 e. The van der Waals surface area contributed by atoms with Gasteiger partial charge in [0.05, 0.1) is 16.8 Å². The Kier molecular flexibility index (Phi) is 4.36. The molecule has 2 aromatic rings. The lowest BCUT2D eigenvalue weighted by molar-refractivity contribution is 0.00828. The number of halogens is 1. The van der Waals surface area contributed by atoms with Crippen LogP contribution in [0.4, 0.5) is 5.69 Å². The number of rotatable bonds is 4. The molecule has 1 aromatic carbocycles. The summed E-state index contributed by atoms with van der Waals surface area (Å²) in [4.78, 5) is 0. The van der Waals surface area contributed by atoms with E-state index < -0.39 is 0 Å². The molecule has 0 bridgehead atoms. The number of ether oxygens (including phenoxy) is 1. The van der Waals surface area contributed by atoms with Gasteiger partial charge < -0.3 is 10.5 Å². The molecule has 112 valence electrons. The lowest BCUT2D eigenvalue weighted by Gasteiger charge is -2.22. The molecule has 6 nitrogen and oxygen atoms in total. The van der Waals surface area contributed by atoms with E-state index in [-0.39, 0.29) is 0 Å². The summed E-state index contributed by atoms with van der Waals surface area (Å²) in [7, 11) is 0. The molecule has 0 radical (unpaired) electrons. The van der Waals surface area contributed by atoms with Gasteiger partial charge in [0.25, 0.3) is 0 Å². The predicted octanol–water partition coefficient (Wildman–Crippen LogP) is 2.53. The maximum Gasteiger partial charge on any atom is 0.182 e. The van der Waals surface area contributed by atoms with E-state index in [4.69, 9.17) is 22.1 Å². The molecule has 1 aliphatic rings. The van der Waals surface area contributed by atoms with Gasteiger partial charge in [-0.15, -0.1) is 5.10 Å². The molecule has 0 aliphatic carbocycles. The van der Waals surface area contributed by atoms with Gasteiger partial charge in [-0.2, -0.15) is 0 Å². The molecule has 0 saturated carbocycles. The summed E-state index contributed by atoms with van der Waals surface area (Å²) in [5.41, 5.74) is 7.23. The molecular weight excluding hydrogens is 290 g/mol. The first-order valence-electron chi connectivity index (χ1n) is 7.17. The second-order valence-electron chi connectivity index (χ2n) is 5.24. The van der Waals surface area contributed by atoms with E-state index in [1.165, 1.54) is 6.42 Å². The Morgan fingerprint density at radius 1 is 1.38 bits per heavy atom. The largest absolute Gasteiger partial charge is 0.398 e. The number of benzene rings is 1. The number of anilines is 1. The van der Waals surface area contributed by atoms with Crippen LogP contribution in [-0.4, -0.2) is 32.9 Å². The Morgan fingerprint density at radius 3 is 3.05 bits per heavy atom. The van der Waals surface area contributed by atoms with Gasteiger partial charge >= 0.3 is 0 Å². The lowest BCUT2D eigenvalue weighted by atomic mass is 10.1. The second kappa shape index (κ2) is 6.41. The van der Waals surface area contributed by atoms with E-state index >= 15 is 0 Å². The van der Waals surface area contributed by atoms with Crippen LogP contribution in [0.5, 0.6) is 0 Å². The summed E-state index contributed by atoms with van der Waals surface area (Å²) in [6.45, 7) is 1.59. The summed E-state index contributed by atoms with van der Waals surface area (Å²) in [5.74, 6) is 0.703. The highest BCUT2D eigenvalue weighted by molar-refractivity contribution is 6.33. The van der Waals surface area contributed by atoms with Crippen molar-refractivity contribution in [2.24, 2.45) is 0 Å².